The van der Waals surface area contributed by atoms with Crippen molar-refractivity contribution >= 4 is 0 Å². The Hall–Kier alpha value is -2.28. The van der Waals surface area contributed by atoms with Crippen molar-refractivity contribution in [2.45, 2.75) is 32.2 Å². The van der Waals surface area contributed by atoms with Crippen LogP contribution < -0.4 is 4.74 Å². The van der Waals surface area contributed by atoms with Crippen LogP contribution in [0.5, 0.6) is 5.75 Å². The molecule has 0 atom stereocenters. The highest BCUT2D eigenvalue weighted by atomic mass is 16.5. The summed E-state index contributed by atoms with van der Waals surface area (Å²) in [5, 5.41) is 13.7. The number of methoxy groups -OCH3 is 1. The molecule has 0 N–H and O–H groups in total. The number of rotatable bonds is 4. The monoisotopic (exact) mass is 281 g/mol. The summed E-state index contributed by atoms with van der Waals surface area (Å²) in [7, 11) is 1.63. The fourth-order valence-electron chi connectivity index (χ4n) is 3.05. The van der Waals surface area contributed by atoms with E-state index in [9.17, 15) is 5.26 Å². The summed E-state index contributed by atoms with van der Waals surface area (Å²) in [5.41, 5.74) is 2.51. The van der Waals surface area contributed by atoms with Crippen molar-refractivity contribution in [3.63, 3.8) is 0 Å². The van der Waals surface area contributed by atoms with Gasteiger partial charge < -0.3 is 4.74 Å². The van der Waals surface area contributed by atoms with E-state index in [1.807, 2.05) is 29.2 Å². The topological polar surface area (TPSA) is 50.8 Å². The van der Waals surface area contributed by atoms with Crippen LogP contribution in [-0.4, -0.2) is 16.9 Å². The van der Waals surface area contributed by atoms with E-state index in [4.69, 9.17) is 4.74 Å². The smallest absolute Gasteiger partial charge is 0.119 e. The Morgan fingerprint density at radius 3 is 2.90 bits per heavy atom. The zero-order valence-electron chi connectivity index (χ0n) is 12.2. The van der Waals surface area contributed by atoms with Crippen LogP contribution in [0.4, 0.5) is 0 Å². The number of hydrogen-bond acceptors (Lipinski definition) is 3. The highest BCUT2D eigenvalue weighted by Gasteiger charge is 2.16. The van der Waals surface area contributed by atoms with E-state index < -0.39 is 0 Å². The molecule has 1 aliphatic rings. The second-order valence-electron chi connectivity index (χ2n) is 5.62. The van der Waals surface area contributed by atoms with Crippen molar-refractivity contribution in [1.82, 2.24) is 9.78 Å². The Morgan fingerprint density at radius 1 is 1.38 bits per heavy atom. The molecule has 0 aliphatic heterocycles. The van der Waals surface area contributed by atoms with Gasteiger partial charge >= 0.3 is 0 Å². The summed E-state index contributed by atoms with van der Waals surface area (Å²) in [6.45, 7) is 0.978. The van der Waals surface area contributed by atoms with Crippen molar-refractivity contribution in [2.24, 2.45) is 5.92 Å². The van der Waals surface area contributed by atoms with E-state index in [0.29, 0.717) is 5.56 Å². The third kappa shape index (κ3) is 2.92. The number of nitriles is 1. The summed E-state index contributed by atoms with van der Waals surface area (Å²) in [6, 6.07) is 7.74. The summed E-state index contributed by atoms with van der Waals surface area (Å²) >= 11 is 0. The van der Waals surface area contributed by atoms with Crippen LogP contribution in [0.2, 0.25) is 0 Å². The Labute approximate surface area is 125 Å². The van der Waals surface area contributed by atoms with Gasteiger partial charge in [-0.05, 0) is 37.0 Å². The molecule has 0 saturated heterocycles. The molecule has 0 spiro atoms. The molecule has 1 heterocycles. The second kappa shape index (κ2) is 6.01. The molecule has 1 aromatic carbocycles. The van der Waals surface area contributed by atoms with Crippen LogP contribution in [-0.2, 0) is 6.54 Å². The molecular formula is C17H19N3O. The van der Waals surface area contributed by atoms with Crippen LogP contribution in [0.1, 0.15) is 31.2 Å². The lowest BCUT2D eigenvalue weighted by Gasteiger charge is -2.08. The molecule has 0 radical (unpaired) electrons. The quantitative estimate of drug-likeness (QED) is 0.860. The minimum atomic E-state index is 0.649. The lowest BCUT2D eigenvalue weighted by molar-refractivity contribution is 0.415. The van der Waals surface area contributed by atoms with Gasteiger partial charge in [0.15, 0.2) is 0 Å². The van der Waals surface area contributed by atoms with Crippen LogP contribution >= 0.6 is 0 Å². The molecule has 21 heavy (non-hydrogen) atoms. The largest absolute Gasteiger partial charge is 0.497 e. The second-order valence-corrected chi connectivity index (χ2v) is 5.62. The SMILES string of the molecule is COc1ccc(C#N)c(-c2cnn(CC3CCCC3)c2)c1. The lowest BCUT2D eigenvalue weighted by atomic mass is 10.0. The number of hydrogen-bond donors (Lipinski definition) is 0. The standard InChI is InChI=1S/C17H19N3O/c1-21-16-7-6-14(9-18)17(8-16)15-10-19-20(12-15)11-13-4-2-3-5-13/h6-8,10,12-13H,2-5,11H2,1H3. The zero-order chi connectivity index (χ0) is 14.7. The molecule has 1 aliphatic carbocycles. The van der Waals surface area contributed by atoms with Crippen molar-refractivity contribution < 1.29 is 4.74 Å². The van der Waals surface area contributed by atoms with Crippen molar-refractivity contribution in [3.8, 4) is 22.9 Å². The van der Waals surface area contributed by atoms with Crippen molar-refractivity contribution in [3.05, 3.63) is 36.2 Å². The first-order valence-electron chi connectivity index (χ1n) is 7.41. The van der Waals surface area contributed by atoms with Gasteiger partial charge in [-0.15, -0.1) is 0 Å². The molecular weight excluding hydrogens is 262 g/mol. The Morgan fingerprint density at radius 2 is 2.19 bits per heavy atom. The number of ether oxygens (including phenoxy) is 1. The van der Waals surface area contributed by atoms with Gasteiger partial charge in [-0.1, -0.05) is 12.8 Å². The molecule has 0 bridgehead atoms. The summed E-state index contributed by atoms with van der Waals surface area (Å²) in [5.74, 6) is 1.51. The number of aromatic nitrogens is 2. The van der Waals surface area contributed by atoms with E-state index in [1.54, 1.807) is 13.2 Å². The van der Waals surface area contributed by atoms with Crippen LogP contribution in [0.25, 0.3) is 11.1 Å². The summed E-state index contributed by atoms with van der Waals surface area (Å²) in [4.78, 5) is 0. The lowest BCUT2D eigenvalue weighted by Crippen LogP contribution is -2.07. The first kappa shape index (κ1) is 13.7. The molecule has 4 nitrogen and oxygen atoms in total. The average Bonchev–Trinajstić information content (AvgIpc) is 3.19. The molecule has 1 fully saturated rings. The normalized spacial score (nSPS) is 15.0. The van der Waals surface area contributed by atoms with E-state index in [2.05, 4.69) is 11.2 Å². The van der Waals surface area contributed by atoms with Crippen LogP contribution in [0, 0.1) is 17.2 Å². The van der Waals surface area contributed by atoms with E-state index in [-0.39, 0.29) is 0 Å². The molecule has 108 valence electrons. The van der Waals surface area contributed by atoms with Gasteiger partial charge in [-0.25, -0.2) is 0 Å². The first-order valence-corrected chi connectivity index (χ1v) is 7.41. The van der Waals surface area contributed by atoms with E-state index in [0.717, 1.165) is 29.3 Å². The third-order valence-electron chi connectivity index (χ3n) is 4.21. The predicted octanol–water partition coefficient (Wildman–Crippen LogP) is 3.62. The highest BCUT2D eigenvalue weighted by Crippen LogP contribution is 2.29. The maximum Gasteiger partial charge on any atom is 0.119 e. The van der Waals surface area contributed by atoms with Crippen LogP contribution in [0.15, 0.2) is 30.6 Å². The molecule has 2 aromatic rings. The first-order chi connectivity index (χ1) is 10.3. The molecule has 1 saturated carbocycles. The Kier molecular flexibility index (Phi) is 3.92. The molecule has 3 rings (SSSR count). The summed E-state index contributed by atoms with van der Waals surface area (Å²) < 4.78 is 7.26. The van der Waals surface area contributed by atoms with Crippen molar-refractivity contribution in [2.75, 3.05) is 7.11 Å². The van der Waals surface area contributed by atoms with Gasteiger partial charge in [-0.3, -0.25) is 4.68 Å². The fraction of sp³-hybridized carbons (Fsp3) is 0.412. The Bertz CT molecular complexity index is 663. The van der Waals surface area contributed by atoms with E-state index in [1.165, 1.54) is 25.7 Å². The van der Waals surface area contributed by atoms with Gasteiger partial charge in [0.05, 0.1) is 24.9 Å². The molecule has 0 amide bonds. The highest BCUT2D eigenvalue weighted by molar-refractivity contribution is 5.71. The fourth-order valence-corrected chi connectivity index (χ4v) is 3.05. The van der Waals surface area contributed by atoms with Gasteiger partial charge in [0.1, 0.15) is 5.75 Å². The molecule has 0 unspecified atom stereocenters. The molecule has 1 aromatic heterocycles. The third-order valence-corrected chi connectivity index (χ3v) is 4.21. The maximum atomic E-state index is 9.26. The van der Waals surface area contributed by atoms with E-state index >= 15 is 0 Å². The van der Waals surface area contributed by atoms with Crippen molar-refractivity contribution in [1.29, 1.82) is 5.26 Å². The number of nitrogens with zero attached hydrogens (tertiary/aromatic N) is 3. The van der Waals surface area contributed by atoms with Gasteiger partial charge in [-0.2, -0.15) is 10.4 Å². The maximum absolute atomic E-state index is 9.26. The Balaban J connectivity index is 1.86. The van der Waals surface area contributed by atoms with Gasteiger partial charge in [0.2, 0.25) is 0 Å². The van der Waals surface area contributed by atoms with Crippen LogP contribution in [0.3, 0.4) is 0 Å². The predicted molar refractivity (Wildman–Crippen MR) is 80.9 cm³/mol. The minimum absolute atomic E-state index is 0.649. The average molecular weight is 281 g/mol. The van der Waals surface area contributed by atoms with Gasteiger partial charge in [0.25, 0.3) is 0 Å². The minimum Gasteiger partial charge on any atom is -0.497 e. The zero-order valence-corrected chi connectivity index (χ0v) is 12.2. The van der Waals surface area contributed by atoms with Gasteiger partial charge in [0, 0.05) is 23.9 Å². The molecule has 4 heteroatoms. The summed E-state index contributed by atoms with van der Waals surface area (Å²) in [6.07, 6.45) is 9.16. The number of benzene rings is 1.